The Morgan fingerprint density at radius 3 is 2.76 bits per heavy atom. The highest BCUT2D eigenvalue weighted by atomic mass is 16.5. The van der Waals surface area contributed by atoms with E-state index < -0.39 is 0 Å². The number of aromatic nitrogens is 1. The molecule has 4 nitrogen and oxygen atoms in total. The highest BCUT2D eigenvalue weighted by Gasteiger charge is 2.12. The Kier molecular flexibility index (Phi) is 6.19. The van der Waals surface area contributed by atoms with Crippen LogP contribution in [0.3, 0.4) is 0 Å². The molecule has 0 aliphatic rings. The molecule has 1 heterocycles. The predicted molar refractivity (Wildman–Crippen MR) is 83.3 cm³/mol. The van der Waals surface area contributed by atoms with Crippen molar-refractivity contribution < 1.29 is 9.47 Å². The number of benzene rings is 1. The summed E-state index contributed by atoms with van der Waals surface area (Å²) in [5.74, 6) is 0.841. The van der Waals surface area contributed by atoms with Crippen LogP contribution in [0, 0.1) is 0 Å². The molecule has 0 aliphatic carbocycles. The average Bonchev–Trinajstić information content (AvgIpc) is 2.54. The predicted octanol–water partition coefficient (Wildman–Crippen LogP) is 2.74. The van der Waals surface area contributed by atoms with Crippen molar-refractivity contribution in [2.75, 3.05) is 20.3 Å². The van der Waals surface area contributed by atoms with E-state index in [1.165, 1.54) is 5.56 Å². The van der Waals surface area contributed by atoms with Crippen LogP contribution in [0.2, 0.25) is 0 Å². The lowest BCUT2D eigenvalue weighted by Gasteiger charge is -2.17. The van der Waals surface area contributed by atoms with Gasteiger partial charge in [-0.05, 0) is 30.5 Å². The lowest BCUT2D eigenvalue weighted by molar-refractivity contribution is 0.145. The molecular weight excluding hydrogens is 264 g/mol. The number of nitrogens with two attached hydrogens (primary N) is 1. The number of hydrogen-bond donors (Lipinski definition) is 1. The van der Waals surface area contributed by atoms with E-state index in [-0.39, 0.29) is 6.04 Å². The van der Waals surface area contributed by atoms with E-state index in [0.29, 0.717) is 13.2 Å². The van der Waals surface area contributed by atoms with Crippen molar-refractivity contribution in [3.8, 4) is 5.75 Å². The Morgan fingerprint density at radius 2 is 2.00 bits per heavy atom. The van der Waals surface area contributed by atoms with E-state index in [1.807, 2.05) is 36.5 Å². The first-order chi connectivity index (χ1) is 10.3. The zero-order valence-corrected chi connectivity index (χ0v) is 12.4. The number of pyridine rings is 1. The zero-order chi connectivity index (χ0) is 14.9. The minimum atomic E-state index is -0.0519. The quantitative estimate of drug-likeness (QED) is 0.758. The first kappa shape index (κ1) is 15.5. The fraction of sp³-hybridized carbons (Fsp3) is 0.353. The van der Waals surface area contributed by atoms with E-state index in [0.717, 1.165) is 24.2 Å². The van der Waals surface area contributed by atoms with Crippen molar-refractivity contribution in [3.05, 3.63) is 59.9 Å². The molecule has 21 heavy (non-hydrogen) atoms. The van der Waals surface area contributed by atoms with Crippen LogP contribution < -0.4 is 10.5 Å². The molecule has 2 rings (SSSR count). The highest BCUT2D eigenvalue weighted by molar-refractivity contribution is 5.35. The summed E-state index contributed by atoms with van der Waals surface area (Å²) >= 11 is 0. The third-order valence-corrected chi connectivity index (χ3v) is 3.33. The molecule has 0 aliphatic heterocycles. The number of ether oxygens (including phenoxy) is 2. The molecule has 4 heteroatoms. The molecule has 2 N–H and O–H groups in total. The summed E-state index contributed by atoms with van der Waals surface area (Å²) in [4.78, 5) is 4.12. The van der Waals surface area contributed by atoms with E-state index in [2.05, 4.69) is 11.1 Å². The van der Waals surface area contributed by atoms with Crippen LogP contribution in [-0.4, -0.2) is 25.3 Å². The van der Waals surface area contributed by atoms with Gasteiger partial charge < -0.3 is 15.2 Å². The molecule has 112 valence electrons. The van der Waals surface area contributed by atoms with Gasteiger partial charge >= 0.3 is 0 Å². The van der Waals surface area contributed by atoms with E-state index in [1.54, 1.807) is 13.3 Å². The molecule has 0 spiro atoms. The summed E-state index contributed by atoms with van der Waals surface area (Å²) in [5.41, 5.74) is 8.56. The van der Waals surface area contributed by atoms with Gasteiger partial charge in [-0.2, -0.15) is 0 Å². The van der Waals surface area contributed by atoms with Crippen LogP contribution in [-0.2, 0) is 11.2 Å². The van der Waals surface area contributed by atoms with Gasteiger partial charge in [0.2, 0.25) is 0 Å². The van der Waals surface area contributed by atoms with Crippen molar-refractivity contribution in [3.63, 3.8) is 0 Å². The zero-order valence-electron chi connectivity index (χ0n) is 12.4. The Bertz CT molecular complexity index is 531. The van der Waals surface area contributed by atoms with Gasteiger partial charge in [-0.3, -0.25) is 4.98 Å². The summed E-state index contributed by atoms with van der Waals surface area (Å²) in [6.45, 7) is 1.10. The largest absolute Gasteiger partial charge is 0.491 e. The maximum Gasteiger partial charge on any atom is 0.124 e. The van der Waals surface area contributed by atoms with Crippen molar-refractivity contribution in [1.29, 1.82) is 0 Å². The molecule has 0 fully saturated rings. The summed E-state index contributed by atoms with van der Waals surface area (Å²) in [5, 5.41) is 0. The number of aryl methyl sites for hydroxylation is 1. The van der Waals surface area contributed by atoms with Gasteiger partial charge in [-0.25, -0.2) is 0 Å². The number of para-hydroxylation sites is 1. The molecule has 0 amide bonds. The minimum absolute atomic E-state index is 0.0519. The molecule has 1 aromatic carbocycles. The van der Waals surface area contributed by atoms with E-state index >= 15 is 0 Å². The number of nitrogens with zero attached hydrogens (tertiary/aromatic N) is 1. The van der Waals surface area contributed by atoms with Crippen molar-refractivity contribution >= 4 is 0 Å². The average molecular weight is 286 g/mol. The second kappa shape index (κ2) is 8.39. The molecule has 1 unspecified atom stereocenters. The van der Waals surface area contributed by atoms with Gasteiger partial charge in [0, 0.05) is 31.1 Å². The van der Waals surface area contributed by atoms with Crippen LogP contribution in [0.15, 0.2) is 48.8 Å². The summed E-state index contributed by atoms with van der Waals surface area (Å²) < 4.78 is 10.7. The Morgan fingerprint density at radius 1 is 1.14 bits per heavy atom. The third kappa shape index (κ3) is 4.85. The maximum atomic E-state index is 6.32. The molecule has 0 saturated carbocycles. The molecule has 1 aromatic heterocycles. The third-order valence-electron chi connectivity index (χ3n) is 3.33. The Hall–Kier alpha value is -1.91. The van der Waals surface area contributed by atoms with Gasteiger partial charge in [0.05, 0.1) is 6.61 Å². The van der Waals surface area contributed by atoms with Gasteiger partial charge in [0.25, 0.3) is 0 Å². The summed E-state index contributed by atoms with van der Waals surface area (Å²) in [6, 6.07) is 11.9. The minimum Gasteiger partial charge on any atom is -0.491 e. The Labute approximate surface area is 125 Å². The Balaban J connectivity index is 1.96. The van der Waals surface area contributed by atoms with Crippen molar-refractivity contribution in [2.24, 2.45) is 5.73 Å². The second-order valence-electron chi connectivity index (χ2n) is 4.89. The summed E-state index contributed by atoms with van der Waals surface area (Å²) in [6.07, 6.45) is 5.42. The smallest absolute Gasteiger partial charge is 0.124 e. The topological polar surface area (TPSA) is 57.4 Å². The van der Waals surface area contributed by atoms with Gasteiger partial charge in [-0.15, -0.1) is 0 Å². The fourth-order valence-corrected chi connectivity index (χ4v) is 2.18. The van der Waals surface area contributed by atoms with E-state index in [4.69, 9.17) is 15.2 Å². The lowest BCUT2D eigenvalue weighted by atomic mass is 9.99. The SMILES string of the molecule is COCCOc1ccccc1C(N)CCc1cccnc1. The maximum absolute atomic E-state index is 6.32. The molecule has 2 aromatic rings. The number of methoxy groups -OCH3 is 1. The number of hydrogen-bond acceptors (Lipinski definition) is 4. The second-order valence-corrected chi connectivity index (χ2v) is 4.89. The van der Waals surface area contributed by atoms with Crippen LogP contribution in [0.1, 0.15) is 23.6 Å². The first-order valence-corrected chi connectivity index (χ1v) is 7.16. The molecule has 0 bridgehead atoms. The van der Waals surface area contributed by atoms with Crippen LogP contribution in [0.25, 0.3) is 0 Å². The van der Waals surface area contributed by atoms with Gasteiger partial charge in [0.1, 0.15) is 12.4 Å². The molecule has 0 saturated heterocycles. The molecular formula is C17H22N2O2. The van der Waals surface area contributed by atoms with Crippen LogP contribution in [0.5, 0.6) is 5.75 Å². The van der Waals surface area contributed by atoms with Crippen molar-refractivity contribution in [2.45, 2.75) is 18.9 Å². The fourth-order valence-electron chi connectivity index (χ4n) is 2.18. The first-order valence-electron chi connectivity index (χ1n) is 7.16. The van der Waals surface area contributed by atoms with Gasteiger partial charge in [0.15, 0.2) is 0 Å². The standard InChI is InChI=1S/C17H22N2O2/c1-20-11-12-21-17-7-3-2-6-15(17)16(18)9-8-14-5-4-10-19-13-14/h2-7,10,13,16H,8-9,11-12,18H2,1H3. The normalized spacial score (nSPS) is 12.1. The number of rotatable bonds is 8. The van der Waals surface area contributed by atoms with Crippen LogP contribution in [0.4, 0.5) is 0 Å². The highest BCUT2D eigenvalue weighted by Crippen LogP contribution is 2.26. The molecule has 0 radical (unpaired) electrons. The summed E-state index contributed by atoms with van der Waals surface area (Å²) in [7, 11) is 1.66. The monoisotopic (exact) mass is 286 g/mol. The van der Waals surface area contributed by atoms with Crippen molar-refractivity contribution in [1.82, 2.24) is 4.98 Å². The van der Waals surface area contributed by atoms with Crippen LogP contribution >= 0.6 is 0 Å². The van der Waals surface area contributed by atoms with E-state index in [9.17, 15) is 0 Å². The lowest BCUT2D eigenvalue weighted by Crippen LogP contribution is -2.14. The van der Waals surface area contributed by atoms with Gasteiger partial charge in [-0.1, -0.05) is 24.3 Å². The molecule has 1 atom stereocenters.